The van der Waals surface area contributed by atoms with Crippen LogP contribution in [0.2, 0.25) is 0 Å². The van der Waals surface area contributed by atoms with Crippen molar-refractivity contribution in [2.24, 2.45) is 0 Å². The van der Waals surface area contributed by atoms with E-state index in [2.05, 4.69) is 53.3 Å². The Morgan fingerprint density at radius 1 is 0.438 bits per heavy atom. The topological polar surface area (TPSA) is 27.7 Å². The van der Waals surface area contributed by atoms with Crippen molar-refractivity contribution >= 4 is 0 Å². The summed E-state index contributed by atoms with van der Waals surface area (Å²) in [5.41, 5.74) is 3.74. The minimum Gasteiger partial charge on any atom is -0.497 e. The van der Waals surface area contributed by atoms with E-state index in [-0.39, 0.29) is 5.92 Å². The molecular formula is C29H44O3. The molecule has 3 aromatic carbocycles. The van der Waals surface area contributed by atoms with Crippen LogP contribution in [-0.2, 0) is 4.74 Å². The van der Waals surface area contributed by atoms with Gasteiger partial charge in [0.1, 0.15) is 11.5 Å². The molecule has 0 aromatic heterocycles. The van der Waals surface area contributed by atoms with Gasteiger partial charge in [-0.2, -0.15) is 0 Å². The SMILES string of the molecule is CC.CC.CC.COC.COc1ccc(C(c2ccccc2)c2ccc(OC)cc2)cc1. The Morgan fingerprint density at radius 3 is 1.00 bits per heavy atom. The second kappa shape index (κ2) is 21.5. The minimum atomic E-state index is 0.188. The maximum absolute atomic E-state index is 5.27. The molecule has 0 aliphatic heterocycles. The summed E-state index contributed by atoms with van der Waals surface area (Å²) in [6.07, 6.45) is 0. The van der Waals surface area contributed by atoms with Crippen LogP contribution in [-0.4, -0.2) is 28.4 Å². The zero-order valence-corrected chi connectivity index (χ0v) is 21.8. The second-order valence-electron chi connectivity index (χ2n) is 5.80. The Labute approximate surface area is 197 Å². The molecule has 3 aromatic rings. The Bertz CT molecular complexity index is 703. The summed E-state index contributed by atoms with van der Waals surface area (Å²) < 4.78 is 14.8. The van der Waals surface area contributed by atoms with Gasteiger partial charge in [0.2, 0.25) is 0 Å². The van der Waals surface area contributed by atoms with E-state index in [1.165, 1.54) is 16.7 Å². The molecular weight excluding hydrogens is 396 g/mol. The average molecular weight is 441 g/mol. The highest BCUT2D eigenvalue weighted by Gasteiger charge is 2.16. The van der Waals surface area contributed by atoms with E-state index in [0.29, 0.717) is 0 Å². The molecule has 178 valence electrons. The summed E-state index contributed by atoms with van der Waals surface area (Å²) in [5.74, 6) is 1.93. The van der Waals surface area contributed by atoms with Crippen LogP contribution in [0.15, 0.2) is 78.9 Å². The van der Waals surface area contributed by atoms with Gasteiger partial charge >= 0.3 is 0 Å². The molecule has 0 unspecified atom stereocenters. The van der Waals surface area contributed by atoms with Crippen molar-refractivity contribution in [2.45, 2.75) is 47.5 Å². The Kier molecular flexibility index (Phi) is 21.1. The van der Waals surface area contributed by atoms with Gasteiger partial charge in [-0.1, -0.05) is 96.1 Å². The average Bonchev–Trinajstić information content (AvgIpc) is 2.90. The molecule has 0 aliphatic rings. The molecule has 32 heavy (non-hydrogen) atoms. The van der Waals surface area contributed by atoms with Gasteiger partial charge in [-0.15, -0.1) is 0 Å². The molecule has 3 heteroatoms. The fourth-order valence-corrected chi connectivity index (χ4v) is 2.82. The summed E-state index contributed by atoms with van der Waals surface area (Å²) >= 11 is 0. The molecule has 0 spiro atoms. The first-order valence-electron chi connectivity index (χ1n) is 11.5. The number of rotatable bonds is 5. The van der Waals surface area contributed by atoms with Gasteiger partial charge in [0.25, 0.3) is 0 Å². The lowest BCUT2D eigenvalue weighted by Gasteiger charge is -2.19. The predicted octanol–water partition coefficient (Wildman–Crippen LogP) is 8.23. The summed E-state index contributed by atoms with van der Waals surface area (Å²) in [7, 11) is 6.63. The van der Waals surface area contributed by atoms with Crippen LogP contribution in [0.4, 0.5) is 0 Å². The summed E-state index contributed by atoms with van der Waals surface area (Å²) in [6.45, 7) is 12.0. The quantitative estimate of drug-likeness (QED) is 0.374. The normalized spacial score (nSPS) is 8.72. The second-order valence-corrected chi connectivity index (χ2v) is 5.80. The van der Waals surface area contributed by atoms with Gasteiger partial charge in [0, 0.05) is 20.1 Å². The van der Waals surface area contributed by atoms with Gasteiger partial charge in [-0.3, -0.25) is 0 Å². The van der Waals surface area contributed by atoms with Gasteiger partial charge in [0.05, 0.1) is 14.2 Å². The van der Waals surface area contributed by atoms with Crippen LogP contribution in [0.25, 0.3) is 0 Å². The number of hydrogen-bond acceptors (Lipinski definition) is 3. The van der Waals surface area contributed by atoms with Gasteiger partial charge in [0.15, 0.2) is 0 Å². The van der Waals surface area contributed by atoms with E-state index in [4.69, 9.17) is 9.47 Å². The molecule has 0 atom stereocenters. The maximum atomic E-state index is 5.27. The van der Waals surface area contributed by atoms with E-state index in [1.807, 2.05) is 71.9 Å². The van der Waals surface area contributed by atoms with Crippen molar-refractivity contribution in [2.75, 3.05) is 28.4 Å². The zero-order chi connectivity index (χ0) is 24.8. The maximum Gasteiger partial charge on any atom is 0.118 e. The first kappa shape index (κ1) is 31.4. The number of ether oxygens (including phenoxy) is 3. The highest BCUT2D eigenvalue weighted by Crippen LogP contribution is 2.33. The van der Waals surface area contributed by atoms with Gasteiger partial charge in [-0.05, 0) is 41.0 Å². The largest absolute Gasteiger partial charge is 0.497 e. The van der Waals surface area contributed by atoms with Crippen molar-refractivity contribution < 1.29 is 14.2 Å². The Hall–Kier alpha value is -2.78. The van der Waals surface area contributed by atoms with E-state index in [1.54, 1.807) is 28.4 Å². The number of methoxy groups -OCH3 is 3. The van der Waals surface area contributed by atoms with E-state index >= 15 is 0 Å². The predicted molar refractivity (Wildman–Crippen MR) is 140 cm³/mol. The van der Waals surface area contributed by atoms with Crippen molar-refractivity contribution in [1.82, 2.24) is 0 Å². The van der Waals surface area contributed by atoms with E-state index < -0.39 is 0 Å². The fraction of sp³-hybridized carbons (Fsp3) is 0.379. The third-order valence-electron chi connectivity index (χ3n) is 4.03. The van der Waals surface area contributed by atoms with Crippen LogP contribution < -0.4 is 9.47 Å². The molecule has 3 nitrogen and oxygen atoms in total. The number of hydrogen-bond donors (Lipinski definition) is 0. The van der Waals surface area contributed by atoms with Gasteiger partial charge < -0.3 is 14.2 Å². The summed E-state index contributed by atoms with van der Waals surface area (Å²) in [6, 6.07) is 27.1. The summed E-state index contributed by atoms with van der Waals surface area (Å²) in [5, 5.41) is 0. The molecule has 3 rings (SSSR count). The van der Waals surface area contributed by atoms with Gasteiger partial charge in [-0.25, -0.2) is 0 Å². The van der Waals surface area contributed by atoms with E-state index in [9.17, 15) is 0 Å². The molecule has 0 heterocycles. The lowest BCUT2D eigenvalue weighted by atomic mass is 9.85. The van der Waals surface area contributed by atoms with Crippen molar-refractivity contribution in [3.05, 3.63) is 95.6 Å². The Balaban J connectivity index is 0. The van der Waals surface area contributed by atoms with Crippen LogP contribution >= 0.6 is 0 Å². The molecule has 0 saturated carbocycles. The van der Waals surface area contributed by atoms with E-state index in [0.717, 1.165) is 11.5 Å². The first-order chi connectivity index (χ1) is 15.7. The smallest absolute Gasteiger partial charge is 0.118 e. The zero-order valence-electron chi connectivity index (χ0n) is 21.8. The van der Waals surface area contributed by atoms with Crippen molar-refractivity contribution in [3.63, 3.8) is 0 Å². The standard InChI is InChI=1S/C21H20O2.C2H6O.3C2H6/c1-22-19-12-8-17(9-13-19)21(16-6-4-3-5-7-16)18-10-14-20(23-2)15-11-18;1-3-2;3*1-2/h3-15,21H,1-2H3;1-2H3;3*1-2H3. The molecule has 0 radical (unpaired) electrons. The molecule has 0 bridgehead atoms. The molecule has 0 N–H and O–H groups in total. The Morgan fingerprint density at radius 2 is 0.719 bits per heavy atom. The molecule has 0 saturated heterocycles. The molecule has 0 aliphatic carbocycles. The number of benzene rings is 3. The summed E-state index contributed by atoms with van der Waals surface area (Å²) in [4.78, 5) is 0. The molecule has 0 amide bonds. The van der Waals surface area contributed by atoms with Crippen LogP contribution in [0, 0.1) is 0 Å². The van der Waals surface area contributed by atoms with Crippen LogP contribution in [0.3, 0.4) is 0 Å². The third-order valence-corrected chi connectivity index (χ3v) is 4.03. The van der Waals surface area contributed by atoms with Crippen molar-refractivity contribution in [3.8, 4) is 11.5 Å². The van der Waals surface area contributed by atoms with Crippen LogP contribution in [0.1, 0.15) is 64.2 Å². The monoisotopic (exact) mass is 440 g/mol. The highest BCUT2D eigenvalue weighted by molar-refractivity contribution is 5.45. The minimum absolute atomic E-state index is 0.188. The first-order valence-corrected chi connectivity index (χ1v) is 11.5. The van der Waals surface area contributed by atoms with Crippen LogP contribution in [0.5, 0.6) is 11.5 Å². The highest BCUT2D eigenvalue weighted by atomic mass is 16.5. The fourth-order valence-electron chi connectivity index (χ4n) is 2.82. The molecule has 0 fully saturated rings. The third kappa shape index (κ3) is 11.0. The lowest BCUT2D eigenvalue weighted by Crippen LogP contribution is -2.03. The van der Waals surface area contributed by atoms with Crippen molar-refractivity contribution in [1.29, 1.82) is 0 Å². The lowest BCUT2D eigenvalue weighted by molar-refractivity contribution is 0.277.